The molecule has 0 heterocycles. The topological polar surface area (TPSA) is 3.24 Å². The summed E-state index contributed by atoms with van der Waals surface area (Å²) in [5.41, 5.74) is 2.72. The molecule has 1 rings (SSSR count). The van der Waals surface area contributed by atoms with E-state index >= 15 is 0 Å². The second-order valence-corrected chi connectivity index (χ2v) is 3.91. The molecule has 0 spiro atoms. The van der Waals surface area contributed by atoms with Crippen LogP contribution >= 0.6 is 0 Å². The van der Waals surface area contributed by atoms with Crippen LogP contribution in [0.2, 0.25) is 0 Å². The highest BCUT2D eigenvalue weighted by Gasteiger charge is 1.97. The molecule has 0 aromatic heterocycles. The molecule has 0 amide bonds. The first-order valence-electron chi connectivity index (χ1n) is 4.70. The molecule has 0 aliphatic carbocycles. The Balaban J connectivity index is 2.70. The molecule has 0 fully saturated rings. The number of hydrogen-bond acceptors (Lipinski definition) is 1. The van der Waals surface area contributed by atoms with E-state index in [1.165, 1.54) is 11.1 Å². The lowest BCUT2D eigenvalue weighted by atomic mass is 10.0. The van der Waals surface area contributed by atoms with Gasteiger partial charge in [0.2, 0.25) is 0 Å². The van der Waals surface area contributed by atoms with Crippen molar-refractivity contribution in [3.63, 3.8) is 0 Å². The summed E-state index contributed by atoms with van der Waals surface area (Å²) in [6.45, 7) is 5.34. The van der Waals surface area contributed by atoms with E-state index in [9.17, 15) is 0 Å². The Morgan fingerprint density at radius 3 is 2.15 bits per heavy atom. The van der Waals surface area contributed by atoms with Crippen LogP contribution < -0.4 is 0 Å². The van der Waals surface area contributed by atoms with Crippen LogP contribution in [0.15, 0.2) is 24.3 Å². The van der Waals surface area contributed by atoms with E-state index in [1.54, 1.807) is 0 Å². The fraction of sp³-hybridized carbons (Fsp3) is 0.417. The summed E-state index contributed by atoms with van der Waals surface area (Å²) in [6, 6.07) is 8.75. The largest absolute Gasteiger partial charge is 0.458 e. The van der Waals surface area contributed by atoms with E-state index in [2.05, 4.69) is 45.2 Å². The second kappa shape index (κ2) is 4.43. The van der Waals surface area contributed by atoms with E-state index in [0.29, 0.717) is 5.92 Å². The third-order valence-corrected chi connectivity index (χ3v) is 2.10. The monoisotopic (exact) mass is 176 g/mol. The number of hydrogen-bond donors (Lipinski definition) is 0. The van der Waals surface area contributed by atoms with Crippen LogP contribution in [0.25, 0.3) is 0 Å². The number of benzene rings is 1. The Kier molecular flexibility index (Phi) is 3.49. The Morgan fingerprint density at radius 1 is 1.23 bits per heavy atom. The molecule has 1 nitrogen and oxygen atoms in total. The summed E-state index contributed by atoms with van der Waals surface area (Å²) in [6.07, 6.45) is 0. The first-order valence-corrected chi connectivity index (χ1v) is 4.70. The van der Waals surface area contributed by atoms with Gasteiger partial charge in [-0.15, -0.1) is 0 Å². The summed E-state index contributed by atoms with van der Waals surface area (Å²) in [5.74, 6) is 0.617. The fourth-order valence-electron chi connectivity index (χ4n) is 1.32. The average Bonchev–Trinajstić information content (AvgIpc) is 2.04. The maximum absolute atomic E-state index is 3.82. The molecular formula is C12H18N-. The fourth-order valence-corrected chi connectivity index (χ4v) is 1.32. The van der Waals surface area contributed by atoms with Crippen LogP contribution in [0.4, 0.5) is 0 Å². The zero-order valence-corrected chi connectivity index (χ0v) is 8.75. The van der Waals surface area contributed by atoms with Crippen molar-refractivity contribution in [2.75, 3.05) is 7.05 Å². The zero-order valence-electron chi connectivity index (χ0n) is 8.75. The molecule has 1 heteroatoms. The molecule has 0 unspecified atom stereocenters. The van der Waals surface area contributed by atoms with E-state index in [4.69, 9.17) is 0 Å². The normalized spacial score (nSPS) is 11.2. The van der Waals surface area contributed by atoms with Gasteiger partial charge in [0.05, 0.1) is 0 Å². The molecule has 0 aliphatic heterocycles. The Bertz CT molecular complexity index is 246. The summed E-state index contributed by atoms with van der Waals surface area (Å²) >= 11 is 0. The first kappa shape index (κ1) is 10.3. The molecule has 0 radical (unpaired) electrons. The van der Waals surface area contributed by atoms with Crippen molar-refractivity contribution in [1.82, 2.24) is 4.90 Å². The van der Waals surface area contributed by atoms with E-state index in [0.717, 1.165) is 6.54 Å². The highest BCUT2D eigenvalue weighted by Crippen LogP contribution is 2.15. The van der Waals surface area contributed by atoms with Gasteiger partial charge >= 0.3 is 0 Å². The van der Waals surface area contributed by atoms with Crippen molar-refractivity contribution >= 4 is 0 Å². The molecule has 0 atom stereocenters. The Hall–Kier alpha value is -0.820. The van der Waals surface area contributed by atoms with Crippen LogP contribution in [-0.2, 0) is 6.54 Å². The number of rotatable bonds is 3. The minimum absolute atomic E-state index is 0.617. The highest BCUT2D eigenvalue weighted by atomic mass is 15.0. The van der Waals surface area contributed by atoms with Crippen LogP contribution in [0.5, 0.6) is 0 Å². The lowest BCUT2D eigenvalue weighted by Gasteiger charge is -2.18. The summed E-state index contributed by atoms with van der Waals surface area (Å²) in [7, 11) is 5.81. The summed E-state index contributed by atoms with van der Waals surface area (Å²) < 4.78 is 0. The van der Waals surface area contributed by atoms with Gasteiger partial charge < -0.3 is 4.90 Å². The molecule has 1 aromatic carbocycles. The zero-order chi connectivity index (χ0) is 9.84. The van der Waals surface area contributed by atoms with Gasteiger partial charge in [-0.1, -0.05) is 38.1 Å². The van der Waals surface area contributed by atoms with Crippen molar-refractivity contribution in [3.8, 4) is 0 Å². The molecule has 13 heavy (non-hydrogen) atoms. The van der Waals surface area contributed by atoms with Gasteiger partial charge in [0.1, 0.15) is 0 Å². The summed E-state index contributed by atoms with van der Waals surface area (Å²) in [4.78, 5) is 1.93. The highest BCUT2D eigenvalue weighted by molar-refractivity contribution is 5.24. The minimum atomic E-state index is 0.617. The second-order valence-electron chi connectivity index (χ2n) is 3.91. The molecule has 0 saturated heterocycles. The predicted octanol–water partition coefficient (Wildman–Crippen LogP) is 3.03. The van der Waals surface area contributed by atoms with Gasteiger partial charge in [-0.25, -0.2) is 0 Å². The first-order chi connectivity index (χ1) is 6.09. The van der Waals surface area contributed by atoms with Gasteiger partial charge in [0, 0.05) is 0 Å². The van der Waals surface area contributed by atoms with E-state index < -0.39 is 0 Å². The predicted molar refractivity (Wildman–Crippen MR) is 57.4 cm³/mol. The third kappa shape index (κ3) is 3.19. The van der Waals surface area contributed by atoms with Gasteiger partial charge in [0.15, 0.2) is 0 Å². The van der Waals surface area contributed by atoms with Crippen molar-refractivity contribution < 1.29 is 0 Å². The smallest absolute Gasteiger partial charge is 0.00469 e. The Morgan fingerprint density at radius 2 is 1.77 bits per heavy atom. The third-order valence-electron chi connectivity index (χ3n) is 2.10. The van der Waals surface area contributed by atoms with Crippen LogP contribution in [0, 0.1) is 7.05 Å². The molecule has 0 aliphatic rings. The maximum atomic E-state index is 3.82. The SMILES string of the molecule is [CH2-]N(C)Cc1ccc(C(C)C)cc1. The van der Waals surface area contributed by atoms with E-state index in [1.807, 2.05) is 11.9 Å². The van der Waals surface area contributed by atoms with Crippen molar-refractivity contribution in [3.05, 3.63) is 42.4 Å². The number of nitrogens with zero attached hydrogens (tertiary/aromatic N) is 1. The lowest BCUT2D eigenvalue weighted by Crippen LogP contribution is -2.07. The van der Waals surface area contributed by atoms with Crippen molar-refractivity contribution in [1.29, 1.82) is 0 Å². The van der Waals surface area contributed by atoms with Gasteiger partial charge in [-0.05, 0) is 30.6 Å². The van der Waals surface area contributed by atoms with Crippen molar-refractivity contribution in [2.24, 2.45) is 0 Å². The van der Waals surface area contributed by atoms with Gasteiger partial charge in [0.25, 0.3) is 0 Å². The standard InChI is InChI=1S/C12H18N/c1-10(2)12-7-5-11(6-8-12)9-13(3)4/h5-8,10H,3,9H2,1-2,4H3/q-1. The van der Waals surface area contributed by atoms with E-state index in [-0.39, 0.29) is 0 Å². The average molecular weight is 176 g/mol. The molecule has 0 bridgehead atoms. The minimum Gasteiger partial charge on any atom is -0.458 e. The molecule has 1 aromatic rings. The molecule has 0 N–H and O–H groups in total. The Labute approximate surface area is 81.4 Å². The maximum Gasteiger partial charge on any atom is -0.00469 e. The van der Waals surface area contributed by atoms with Gasteiger partial charge in [-0.3, -0.25) is 7.05 Å². The van der Waals surface area contributed by atoms with Crippen LogP contribution in [-0.4, -0.2) is 11.9 Å². The summed E-state index contributed by atoms with van der Waals surface area (Å²) in [5, 5.41) is 0. The quantitative estimate of drug-likeness (QED) is 0.640. The molecule has 72 valence electrons. The van der Waals surface area contributed by atoms with Gasteiger partial charge in [-0.2, -0.15) is 0 Å². The van der Waals surface area contributed by atoms with Crippen LogP contribution in [0.3, 0.4) is 0 Å². The lowest BCUT2D eigenvalue weighted by molar-refractivity contribution is 0.445. The molecule has 0 saturated carbocycles. The van der Waals surface area contributed by atoms with Crippen LogP contribution in [0.1, 0.15) is 30.9 Å². The molecular weight excluding hydrogens is 158 g/mol. The van der Waals surface area contributed by atoms with Crippen molar-refractivity contribution in [2.45, 2.75) is 26.3 Å².